The van der Waals surface area contributed by atoms with Gasteiger partial charge in [0.1, 0.15) is 5.78 Å². The first kappa shape index (κ1) is 14.5. The summed E-state index contributed by atoms with van der Waals surface area (Å²) in [5.74, 6) is -1.28. The minimum absolute atomic E-state index is 0.235. The molecule has 1 N–H and O–H groups in total. The van der Waals surface area contributed by atoms with E-state index < -0.39 is 35.5 Å². The maximum Gasteiger partial charge on any atom is 0.418 e. The lowest BCUT2D eigenvalue weighted by atomic mass is 10.1. The average molecular weight is 280 g/mol. The van der Waals surface area contributed by atoms with Gasteiger partial charge in [-0.1, -0.05) is 17.7 Å². The third-order valence-electron chi connectivity index (χ3n) is 1.99. The molecule has 0 saturated carbocycles. The number of nitrogens with one attached hydrogen (secondary N) is 1. The Morgan fingerprint density at radius 1 is 1.33 bits per heavy atom. The van der Waals surface area contributed by atoms with Crippen LogP contribution in [0.4, 0.5) is 18.9 Å². The molecule has 0 heterocycles. The molecule has 0 saturated heterocycles. The summed E-state index contributed by atoms with van der Waals surface area (Å²) < 4.78 is 38.0. The van der Waals surface area contributed by atoms with E-state index in [9.17, 15) is 22.8 Å². The molecule has 0 aliphatic carbocycles. The van der Waals surface area contributed by atoms with Crippen molar-refractivity contribution in [1.29, 1.82) is 0 Å². The fraction of sp³-hybridized carbons (Fsp3) is 0.273. The molecular formula is C11H9ClF3NO2. The van der Waals surface area contributed by atoms with Crippen molar-refractivity contribution >= 4 is 29.0 Å². The van der Waals surface area contributed by atoms with E-state index in [-0.39, 0.29) is 5.02 Å². The molecule has 0 spiro atoms. The summed E-state index contributed by atoms with van der Waals surface area (Å²) in [7, 11) is 0. The quantitative estimate of drug-likeness (QED) is 0.863. The number of halogens is 4. The monoisotopic (exact) mass is 279 g/mol. The lowest BCUT2D eigenvalue weighted by Gasteiger charge is -2.14. The van der Waals surface area contributed by atoms with E-state index >= 15 is 0 Å². The summed E-state index contributed by atoms with van der Waals surface area (Å²) in [4.78, 5) is 22.0. The van der Waals surface area contributed by atoms with Crippen LogP contribution in [-0.2, 0) is 15.8 Å². The summed E-state index contributed by atoms with van der Waals surface area (Å²) in [6, 6.07) is 3.15. The summed E-state index contributed by atoms with van der Waals surface area (Å²) in [6.07, 6.45) is -5.13. The van der Waals surface area contributed by atoms with Crippen LogP contribution in [0, 0.1) is 0 Å². The lowest BCUT2D eigenvalue weighted by Crippen LogP contribution is -2.18. The first-order chi connectivity index (χ1) is 8.21. The molecule has 0 aromatic heterocycles. The Bertz CT molecular complexity index is 486. The van der Waals surface area contributed by atoms with Gasteiger partial charge in [-0.25, -0.2) is 0 Å². The van der Waals surface area contributed by atoms with Gasteiger partial charge in [-0.3, -0.25) is 9.59 Å². The third-order valence-corrected chi connectivity index (χ3v) is 2.31. The number of amides is 1. The molecule has 1 aromatic carbocycles. The van der Waals surface area contributed by atoms with E-state index in [0.717, 1.165) is 19.1 Å². The van der Waals surface area contributed by atoms with Crippen molar-refractivity contribution in [3.05, 3.63) is 28.8 Å². The van der Waals surface area contributed by atoms with E-state index in [1.54, 1.807) is 0 Å². The predicted octanol–water partition coefficient (Wildman–Crippen LogP) is 3.28. The molecule has 0 unspecified atom stereocenters. The summed E-state index contributed by atoms with van der Waals surface area (Å²) in [6.45, 7) is 1.16. The van der Waals surface area contributed by atoms with Crippen LogP contribution in [0.2, 0.25) is 5.02 Å². The Hall–Kier alpha value is -1.56. The maximum absolute atomic E-state index is 12.7. The molecule has 1 aromatic rings. The first-order valence-corrected chi connectivity index (χ1v) is 5.24. The Labute approximate surface area is 106 Å². The van der Waals surface area contributed by atoms with Gasteiger partial charge in [-0.15, -0.1) is 0 Å². The van der Waals surface area contributed by atoms with Gasteiger partial charge in [-0.2, -0.15) is 13.2 Å². The van der Waals surface area contributed by atoms with Crippen molar-refractivity contribution in [3.63, 3.8) is 0 Å². The molecular weight excluding hydrogens is 271 g/mol. The molecule has 0 aliphatic rings. The number of carbonyl (C=O) groups excluding carboxylic acids is 2. The van der Waals surface area contributed by atoms with Gasteiger partial charge in [0.25, 0.3) is 0 Å². The zero-order chi connectivity index (χ0) is 13.9. The highest BCUT2D eigenvalue weighted by molar-refractivity contribution is 6.34. The van der Waals surface area contributed by atoms with Gasteiger partial charge in [0.2, 0.25) is 5.91 Å². The molecule has 0 bridgehead atoms. The number of hydrogen-bond acceptors (Lipinski definition) is 2. The Kier molecular flexibility index (Phi) is 4.34. The van der Waals surface area contributed by atoms with Crippen LogP contribution in [-0.4, -0.2) is 11.7 Å². The van der Waals surface area contributed by atoms with Crippen molar-refractivity contribution < 1.29 is 22.8 Å². The number of alkyl halides is 3. The van der Waals surface area contributed by atoms with Gasteiger partial charge in [-0.05, 0) is 19.1 Å². The largest absolute Gasteiger partial charge is 0.418 e. The fourth-order valence-electron chi connectivity index (χ4n) is 1.30. The molecule has 0 fully saturated rings. The van der Waals surface area contributed by atoms with E-state index in [0.29, 0.717) is 0 Å². The molecule has 7 heteroatoms. The second-order valence-corrected chi connectivity index (χ2v) is 3.99. The Balaban J connectivity index is 3.08. The van der Waals surface area contributed by atoms with E-state index in [2.05, 4.69) is 0 Å². The minimum atomic E-state index is -4.64. The predicted molar refractivity (Wildman–Crippen MR) is 60.4 cm³/mol. The number of benzene rings is 1. The van der Waals surface area contributed by atoms with Crippen LogP contribution in [0.1, 0.15) is 18.9 Å². The van der Waals surface area contributed by atoms with Gasteiger partial charge < -0.3 is 5.32 Å². The highest BCUT2D eigenvalue weighted by atomic mass is 35.5. The number of hydrogen-bond donors (Lipinski definition) is 1. The Morgan fingerprint density at radius 2 is 1.94 bits per heavy atom. The highest BCUT2D eigenvalue weighted by Crippen LogP contribution is 2.38. The molecule has 0 radical (unpaired) electrons. The second kappa shape index (κ2) is 5.39. The van der Waals surface area contributed by atoms with Crippen molar-refractivity contribution in [2.24, 2.45) is 0 Å². The second-order valence-electron chi connectivity index (χ2n) is 3.59. The van der Waals surface area contributed by atoms with Crippen molar-refractivity contribution in [2.75, 3.05) is 5.32 Å². The minimum Gasteiger partial charge on any atom is -0.324 e. The molecule has 0 atom stereocenters. The van der Waals surface area contributed by atoms with E-state index in [1.165, 1.54) is 6.07 Å². The molecule has 1 rings (SSSR count). The lowest BCUT2D eigenvalue weighted by molar-refractivity contribution is -0.137. The van der Waals surface area contributed by atoms with E-state index in [4.69, 9.17) is 11.6 Å². The summed E-state index contributed by atoms with van der Waals surface area (Å²) in [5.41, 5.74) is -1.58. The number of Topliss-reactive ketones (excluding diaryl/α,β-unsaturated/α-hetero) is 1. The summed E-state index contributed by atoms with van der Waals surface area (Å²) >= 11 is 5.62. The van der Waals surface area contributed by atoms with Gasteiger partial charge >= 0.3 is 6.18 Å². The zero-order valence-corrected chi connectivity index (χ0v) is 10.0. The normalized spacial score (nSPS) is 11.2. The van der Waals surface area contributed by atoms with Crippen LogP contribution in [0.3, 0.4) is 0 Å². The fourth-order valence-corrected chi connectivity index (χ4v) is 1.52. The standard InChI is InChI=1S/C11H9ClF3NO2/c1-6(17)5-9(18)16-10-7(11(13,14)15)3-2-4-8(10)12/h2-4H,5H2,1H3,(H,16,18). The van der Waals surface area contributed by atoms with Crippen molar-refractivity contribution in [2.45, 2.75) is 19.5 Å². The smallest absolute Gasteiger partial charge is 0.324 e. The van der Waals surface area contributed by atoms with Gasteiger partial charge in [0.05, 0.1) is 22.7 Å². The van der Waals surface area contributed by atoms with E-state index in [1.807, 2.05) is 5.32 Å². The van der Waals surface area contributed by atoms with Crippen LogP contribution < -0.4 is 5.32 Å². The number of carbonyl (C=O) groups is 2. The van der Waals surface area contributed by atoms with Crippen LogP contribution in [0.25, 0.3) is 0 Å². The van der Waals surface area contributed by atoms with Gasteiger partial charge in [0.15, 0.2) is 0 Å². The topological polar surface area (TPSA) is 46.2 Å². The van der Waals surface area contributed by atoms with Crippen LogP contribution in [0.5, 0.6) is 0 Å². The van der Waals surface area contributed by atoms with Crippen LogP contribution >= 0.6 is 11.6 Å². The molecule has 18 heavy (non-hydrogen) atoms. The molecule has 1 amide bonds. The Morgan fingerprint density at radius 3 is 2.44 bits per heavy atom. The number of para-hydroxylation sites is 1. The van der Waals surface area contributed by atoms with Crippen LogP contribution in [0.15, 0.2) is 18.2 Å². The van der Waals surface area contributed by atoms with Crippen molar-refractivity contribution in [3.8, 4) is 0 Å². The average Bonchev–Trinajstić information content (AvgIpc) is 2.18. The molecule has 98 valence electrons. The van der Waals surface area contributed by atoms with Gasteiger partial charge in [0, 0.05) is 0 Å². The number of anilines is 1. The SMILES string of the molecule is CC(=O)CC(=O)Nc1c(Cl)cccc1C(F)(F)F. The third kappa shape index (κ3) is 3.73. The first-order valence-electron chi connectivity index (χ1n) is 4.87. The highest BCUT2D eigenvalue weighted by Gasteiger charge is 2.34. The van der Waals surface area contributed by atoms with Crippen molar-refractivity contribution in [1.82, 2.24) is 0 Å². The zero-order valence-electron chi connectivity index (χ0n) is 9.27. The molecule has 0 aliphatic heterocycles. The summed E-state index contributed by atoms with van der Waals surface area (Å²) in [5, 5.41) is 1.77. The maximum atomic E-state index is 12.7. The molecule has 3 nitrogen and oxygen atoms in total. The number of rotatable bonds is 3. The number of ketones is 1.